The minimum Gasteiger partial charge on any atom is -0.407 e. The third-order valence-electron chi connectivity index (χ3n) is 2.67. The van der Waals surface area contributed by atoms with E-state index >= 15 is 0 Å². The standard InChI is InChI=1S/C13H18N4O/c1-3-10-4-6-11(7-5-10)8-15-13-17-16-12(18-13)9-14-2/h4-7,14H,3,8-9H2,1-2H3,(H,15,17). The predicted molar refractivity (Wildman–Crippen MR) is 70.2 cm³/mol. The van der Waals surface area contributed by atoms with Gasteiger partial charge in [0, 0.05) is 6.54 Å². The zero-order valence-electron chi connectivity index (χ0n) is 10.7. The molecule has 0 atom stereocenters. The second-order valence-corrected chi connectivity index (χ2v) is 4.05. The number of nitrogens with zero attached hydrogens (tertiary/aromatic N) is 2. The normalized spacial score (nSPS) is 10.6. The molecule has 1 aromatic carbocycles. The van der Waals surface area contributed by atoms with Gasteiger partial charge < -0.3 is 15.1 Å². The summed E-state index contributed by atoms with van der Waals surface area (Å²) in [6, 6.07) is 8.95. The number of hydrogen-bond acceptors (Lipinski definition) is 5. The van der Waals surface area contributed by atoms with Crippen LogP contribution in [0.2, 0.25) is 0 Å². The van der Waals surface area contributed by atoms with Crippen LogP contribution in [-0.4, -0.2) is 17.2 Å². The average Bonchev–Trinajstić information content (AvgIpc) is 2.85. The highest BCUT2D eigenvalue weighted by atomic mass is 16.4. The third-order valence-corrected chi connectivity index (χ3v) is 2.67. The van der Waals surface area contributed by atoms with Gasteiger partial charge in [-0.15, -0.1) is 5.10 Å². The topological polar surface area (TPSA) is 63.0 Å². The number of aryl methyl sites for hydroxylation is 1. The molecule has 0 aliphatic rings. The van der Waals surface area contributed by atoms with Gasteiger partial charge in [-0.3, -0.25) is 0 Å². The van der Waals surface area contributed by atoms with Crippen molar-refractivity contribution in [1.82, 2.24) is 15.5 Å². The van der Waals surface area contributed by atoms with Crippen LogP contribution < -0.4 is 10.6 Å². The summed E-state index contributed by atoms with van der Waals surface area (Å²) >= 11 is 0. The zero-order valence-corrected chi connectivity index (χ0v) is 10.7. The van der Waals surface area contributed by atoms with Crippen molar-refractivity contribution in [2.45, 2.75) is 26.4 Å². The fourth-order valence-corrected chi connectivity index (χ4v) is 1.62. The first-order valence-electron chi connectivity index (χ1n) is 6.10. The Balaban J connectivity index is 1.89. The van der Waals surface area contributed by atoms with Crippen LogP contribution >= 0.6 is 0 Å². The fraction of sp³-hybridized carbons (Fsp3) is 0.385. The molecule has 0 radical (unpaired) electrons. The Bertz CT molecular complexity index is 478. The predicted octanol–water partition coefficient (Wildman–Crippen LogP) is 1.96. The van der Waals surface area contributed by atoms with E-state index < -0.39 is 0 Å². The van der Waals surface area contributed by atoms with Gasteiger partial charge in [-0.1, -0.05) is 36.3 Å². The summed E-state index contributed by atoms with van der Waals surface area (Å²) in [5, 5.41) is 13.9. The molecule has 96 valence electrons. The molecule has 0 saturated heterocycles. The molecular weight excluding hydrogens is 228 g/mol. The van der Waals surface area contributed by atoms with E-state index in [-0.39, 0.29) is 0 Å². The van der Waals surface area contributed by atoms with Crippen molar-refractivity contribution in [3.63, 3.8) is 0 Å². The summed E-state index contributed by atoms with van der Waals surface area (Å²) < 4.78 is 5.39. The van der Waals surface area contributed by atoms with Crippen LogP contribution in [0.15, 0.2) is 28.7 Å². The van der Waals surface area contributed by atoms with Gasteiger partial charge >= 0.3 is 6.01 Å². The van der Waals surface area contributed by atoms with Crippen LogP contribution in [0.3, 0.4) is 0 Å². The maximum Gasteiger partial charge on any atom is 0.315 e. The number of anilines is 1. The van der Waals surface area contributed by atoms with Gasteiger partial charge in [-0.25, -0.2) is 0 Å². The Hall–Kier alpha value is -1.88. The van der Waals surface area contributed by atoms with E-state index in [0.29, 0.717) is 25.0 Å². The molecule has 2 rings (SSSR count). The summed E-state index contributed by atoms with van der Waals surface area (Å²) in [5.74, 6) is 0.585. The second-order valence-electron chi connectivity index (χ2n) is 4.05. The summed E-state index contributed by atoms with van der Waals surface area (Å²) in [6.45, 7) is 3.42. The van der Waals surface area contributed by atoms with Gasteiger partial charge in [0.15, 0.2) is 0 Å². The molecule has 0 aliphatic carbocycles. The van der Waals surface area contributed by atoms with Crippen LogP contribution in [0, 0.1) is 0 Å². The molecule has 1 aromatic heterocycles. The van der Waals surface area contributed by atoms with Gasteiger partial charge in [-0.2, -0.15) is 0 Å². The highest BCUT2D eigenvalue weighted by Crippen LogP contribution is 2.09. The van der Waals surface area contributed by atoms with Crippen LogP contribution in [-0.2, 0) is 19.5 Å². The molecule has 2 N–H and O–H groups in total. The molecule has 0 fully saturated rings. The van der Waals surface area contributed by atoms with E-state index in [1.54, 1.807) is 0 Å². The first kappa shape index (κ1) is 12.6. The fourth-order valence-electron chi connectivity index (χ4n) is 1.62. The van der Waals surface area contributed by atoms with E-state index in [1.807, 2.05) is 7.05 Å². The van der Waals surface area contributed by atoms with Crippen LogP contribution in [0.5, 0.6) is 0 Å². The van der Waals surface area contributed by atoms with E-state index in [2.05, 4.69) is 52.0 Å². The maximum atomic E-state index is 5.39. The highest BCUT2D eigenvalue weighted by molar-refractivity contribution is 5.26. The van der Waals surface area contributed by atoms with Gasteiger partial charge in [0.2, 0.25) is 5.89 Å². The van der Waals surface area contributed by atoms with Crippen molar-refractivity contribution >= 4 is 6.01 Å². The minimum absolute atomic E-state index is 0.458. The molecule has 5 nitrogen and oxygen atoms in total. The van der Waals surface area contributed by atoms with Gasteiger partial charge in [0.1, 0.15) is 0 Å². The zero-order chi connectivity index (χ0) is 12.8. The Kier molecular flexibility index (Phi) is 4.30. The molecule has 0 spiro atoms. The Morgan fingerprint density at radius 2 is 1.78 bits per heavy atom. The van der Waals surface area contributed by atoms with Gasteiger partial charge in [0.25, 0.3) is 0 Å². The molecule has 0 saturated carbocycles. The lowest BCUT2D eigenvalue weighted by atomic mass is 10.1. The molecule has 0 amide bonds. The molecule has 18 heavy (non-hydrogen) atoms. The Morgan fingerprint density at radius 3 is 2.44 bits per heavy atom. The summed E-state index contributed by atoms with van der Waals surface area (Å²) in [7, 11) is 1.84. The van der Waals surface area contributed by atoms with Crippen LogP contribution in [0.1, 0.15) is 23.9 Å². The Labute approximate surface area is 107 Å². The third kappa shape index (κ3) is 3.30. The lowest BCUT2D eigenvalue weighted by molar-refractivity contribution is 0.489. The lowest BCUT2D eigenvalue weighted by Crippen LogP contribution is -2.04. The number of hydrogen-bond donors (Lipinski definition) is 2. The number of benzene rings is 1. The summed E-state index contributed by atoms with van der Waals surface area (Å²) in [6.07, 6.45) is 1.06. The summed E-state index contributed by atoms with van der Waals surface area (Å²) in [5.41, 5.74) is 2.54. The molecule has 1 heterocycles. The van der Waals surface area contributed by atoms with Crippen molar-refractivity contribution < 1.29 is 4.42 Å². The second kappa shape index (κ2) is 6.16. The largest absolute Gasteiger partial charge is 0.407 e. The molecule has 0 bridgehead atoms. The lowest BCUT2D eigenvalue weighted by Gasteiger charge is -2.02. The number of aromatic nitrogens is 2. The first-order valence-corrected chi connectivity index (χ1v) is 6.10. The van der Waals surface area contributed by atoms with E-state index in [0.717, 1.165) is 6.42 Å². The van der Waals surface area contributed by atoms with Crippen molar-refractivity contribution in [1.29, 1.82) is 0 Å². The molecule has 5 heteroatoms. The minimum atomic E-state index is 0.458. The first-order chi connectivity index (χ1) is 8.81. The van der Waals surface area contributed by atoms with Gasteiger partial charge in [-0.05, 0) is 24.6 Å². The quantitative estimate of drug-likeness (QED) is 0.815. The highest BCUT2D eigenvalue weighted by Gasteiger charge is 2.04. The Morgan fingerprint density at radius 1 is 1.06 bits per heavy atom. The molecule has 0 unspecified atom stereocenters. The van der Waals surface area contributed by atoms with E-state index in [4.69, 9.17) is 4.42 Å². The van der Waals surface area contributed by atoms with Crippen molar-refractivity contribution in [2.24, 2.45) is 0 Å². The average molecular weight is 246 g/mol. The van der Waals surface area contributed by atoms with E-state index in [9.17, 15) is 0 Å². The van der Waals surface area contributed by atoms with Gasteiger partial charge in [0.05, 0.1) is 6.54 Å². The smallest absolute Gasteiger partial charge is 0.315 e. The number of nitrogens with one attached hydrogen (secondary N) is 2. The maximum absolute atomic E-state index is 5.39. The monoisotopic (exact) mass is 246 g/mol. The molecule has 0 aliphatic heterocycles. The van der Waals surface area contributed by atoms with E-state index in [1.165, 1.54) is 11.1 Å². The van der Waals surface area contributed by atoms with Crippen molar-refractivity contribution in [2.75, 3.05) is 12.4 Å². The van der Waals surface area contributed by atoms with Crippen LogP contribution in [0.25, 0.3) is 0 Å². The molecule has 2 aromatic rings. The summed E-state index contributed by atoms with van der Waals surface area (Å²) in [4.78, 5) is 0. The SMILES string of the molecule is CCc1ccc(CNc2nnc(CNC)o2)cc1. The molecular formula is C13H18N4O. The van der Waals surface area contributed by atoms with Crippen molar-refractivity contribution in [3.8, 4) is 0 Å². The van der Waals surface area contributed by atoms with Crippen molar-refractivity contribution in [3.05, 3.63) is 41.3 Å². The van der Waals surface area contributed by atoms with Crippen LogP contribution in [0.4, 0.5) is 6.01 Å². The number of rotatable bonds is 6.